The van der Waals surface area contributed by atoms with Gasteiger partial charge in [0.1, 0.15) is 0 Å². The van der Waals surface area contributed by atoms with Crippen molar-refractivity contribution in [2.45, 2.75) is 44.6 Å². The molecular formula is C11H21N3. The molecule has 0 saturated carbocycles. The Labute approximate surface area is 86.2 Å². The van der Waals surface area contributed by atoms with Crippen LogP contribution in [-0.4, -0.2) is 36.9 Å². The second-order valence-electron chi connectivity index (χ2n) is 5.26. The maximum atomic E-state index is 3.75. The largest absolute Gasteiger partial charge is 0.302 e. The zero-order valence-corrected chi connectivity index (χ0v) is 9.16. The van der Waals surface area contributed by atoms with Crippen LogP contribution in [0.3, 0.4) is 0 Å². The van der Waals surface area contributed by atoms with E-state index >= 15 is 0 Å². The molecule has 0 aromatic heterocycles. The van der Waals surface area contributed by atoms with Crippen LogP contribution in [0.1, 0.15) is 26.2 Å². The Bertz CT molecular complexity index is 229. The van der Waals surface area contributed by atoms with Crippen LogP contribution >= 0.6 is 0 Å². The fourth-order valence-corrected chi connectivity index (χ4v) is 3.66. The first-order valence-corrected chi connectivity index (χ1v) is 5.99. The molecule has 0 aromatic rings. The Hall–Kier alpha value is -0.120. The first kappa shape index (κ1) is 9.13. The summed E-state index contributed by atoms with van der Waals surface area (Å²) in [5.74, 6) is 1.79. The predicted octanol–water partition coefficient (Wildman–Crippen LogP) is 0.582. The smallest absolute Gasteiger partial charge is 0.0642 e. The Morgan fingerprint density at radius 1 is 1.29 bits per heavy atom. The van der Waals surface area contributed by atoms with Crippen molar-refractivity contribution in [3.63, 3.8) is 0 Å². The fraction of sp³-hybridized carbons (Fsp3) is 1.00. The van der Waals surface area contributed by atoms with E-state index in [0.717, 1.165) is 17.9 Å². The third-order valence-corrected chi connectivity index (χ3v) is 4.56. The molecule has 3 fully saturated rings. The van der Waals surface area contributed by atoms with Gasteiger partial charge in [-0.25, -0.2) is 0 Å². The average molecular weight is 195 g/mol. The minimum Gasteiger partial charge on any atom is -0.302 e. The third-order valence-electron chi connectivity index (χ3n) is 4.56. The molecule has 3 aliphatic heterocycles. The summed E-state index contributed by atoms with van der Waals surface area (Å²) in [6, 6.07) is 0.764. The molecule has 80 valence electrons. The molecule has 3 saturated heterocycles. The van der Waals surface area contributed by atoms with Gasteiger partial charge in [-0.15, -0.1) is 0 Å². The molecular weight excluding hydrogens is 174 g/mol. The number of piperidine rings is 1. The quantitative estimate of drug-likeness (QED) is 0.592. The first-order chi connectivity index (χ1) is 6.77. The van der Waals surface area contributed by atoms with Crippen LogP contribution in [0.2, 0.25) is 0 Å². The molecule has 0 aromatic carbocycles. The number of hydrogen-bond donors (Lipinski definition) is 2. The van der Waals surface area contributed by atoms with Crippen molar-refractivity contribution in [3.05, 3.63) is 0 Å². The highest BCUT2D eigenvalue weighted by Gasteiger charge is 2.50. The van der Waals surface area contributed by atoms with Crippen LogP contribution in [0.25, 0.3) is 0 Å². The maximum absolute atomic E-state index is 3.75. The van der Waals surface area contributed by atoms with Crippen LogP contribution in [0.4, 0.5) is 0 Å². The van der Waals surface area contributed by atoms with E-state index < -0.39 is 0 Å². The molecule has 0 amide bonds. The Kier molecular flexibility index (Phi) is 2.08. The number of nitrogens with zero attached hydrogens (tertiary/aromatic N) is 1. The van der Waals surface area contributed by atoms with Gasteiger partial charge in [0.05, 0.1) is 12.3 Å². The SMILES string of the molecule is CC1CC2C3CCCNC3NC2N1C. The van der Waals surface area contributed by atoms with Gasteiger partial charge in [0.15, 0.2) is 0 Å². The van der Waals surface area contributed by atoms with Gasteiger partial charge < -0.3 is 5.32 Å². The molecule has 5 atom stereocenters. The summed E-state index contributed by atoms with van der Waals surface area (Å²) in [4.78, 5) is 2.52. The zero-order valence-electron chi connectivity index (χ0n) is 9.16. The molecule has 0 spiro atoms. The molecule has 5 unspecified atom stereocenters. The van der Waals surface area contributed by atoms with Crippen molar-refractivity contribution < 1.29 is 0 Å². The third kappa shape index (κ3) is 1.16. The van der Waals surface area contributed by atoms with Gasteiger partial charge in [-0.05, 0) is 51.6 Å². The van der Waals surface area contributed by atoms with Crippen molar-refractivity contribution >= 4 is 0 Å². The van der Waals surface area contributed by atoms with Crippen LogP contribution in [0.5, 0.6) is 0 Å². The van der Waals surface area contributed by atoms with Crippen molar-refractivity contribution in [2.75, 3.05) is 13.6 Å². The number of nitrogens with one attached hydrogen (secondary N) is 2. The molecule has 3 heteroatoms. The van der Waals surface area contributed by atoms with Crippen molar-refractivity contribution in [3.8, 4) is 0 Å². The fourth-order valence-electron chi connectivity index (χ4n) is 3.66. The summed E-state index contributed by atoms with van der Waals surface area (Å²) in [6.07, 6.45) is 5.42. The van der Waals surface area contributed by atoms with Crippen molar-refractivity contribution in [1.82, 2.24) is 15.5 Å². The van der Waals surface area contributed by atoms with Gasteiger partial charge in [0.25, 0.3) is 0 Å². The summed E-state index contributed by atoms with van der Waals surface area (Å²) in [5.41, 5.74) is 0. The van der Waals surface area contributed by atoms with Crippen LogP contribution in [0, 0.1) is 11.8 Å². The van der Waals surface area contributed by atoms with Crippen molar-refractivity contribution in [1.29, 1.82) is 0 Å². The van der Waals surface area contributed by atoms with Gasteiger partial charge in [-0.1, -0.05) is 0 Å². The van der Waals surface area contributed by atoms with Gasteiger partial charge in [-0.3, -0.25) is 10.2 Å². The second-order valence-corrected chi connectivity index (χ2v) is 5.26. The van der Waals surface area contributed by atoms with E-state index in [-0.39, 0.29) is 0 Å². The molecule has 0 radical (unpaired) electrons. The van der Waals surface area contributed by atoms with Crippen LogP contribution < -0.4 is 10.6 Å². The minimum absolute atomic E-state index is 0.605. The number of likely N-dealkylation sites (tertiary alicyclic amines) is 1. The van der Waals surface area contributed by atoms with E-state index in [1.165, 1.54) is 25.8 Å². The molecule has 3 aliphatic rings. The number of hydrogen-bond acceptors (Lipinski definition) is 3. The topological polar surface area (TPSA) is 27.3 Å². The minimum atomic E-state index is 0.605. The lowest BCUT2D eigenvalue weighted by molar-refractivity contribution is 0.211. The summed E-state index contributed by atoms with van der Waals surface area (Å²) in [6.45, 7) is 3.55. The number of rotatable bonds is 0. The lowest BCUT2D eigenvalue weighted by Crippen LogP contribution is -2.50. The summed E-state index contributed by atoms with van der Waals surface area (Å²) in [7, 11) is 2.26. The van der Waals surface area contributed by atoms with E-state index in [1.807, 2.05) is 0 Å². The standard InChI is InChI=1S/C11H21N3/c1-7-6-9-8-4-3-5-12-10(8)13-11(9)14(7)2/h7-13H,3-6H2,1-2H3. The summed E-state index contributed by atoms with van der Waals surface area (Å²) < 4.78 is 0. The average Bonchev–Trinajstić information content (AvgIpc) is 2.67. The molecule has 3 nitrogen and oxygen atoms in total. The first-order valence-electron chi connectivity index (χ1n) is 5.99. The monoisotopic (exact) mass is 195 g/mol. The maximum Gasteiger partial charge on any atom is 0.0642 e. The Morgan fingerprint density at radius 2 is 2.14 bits per heavy atom. The van der Waals surface area contributed by atoms with E-state index in [2.05, 4.69) is 29.5 Å². The Balaban J connectivity index is 1.80. The van der Waals surface area contributed by atoms with Gasteiger partial charge in [0, 0.05) is 6.04 Å². The lowest BCUT2D eigenvalue weighted by Gasteiger charge is -2.30. The molecule has 3 rings (SSSR count). The van der Waals surface area contributed by atoms with Gasteiger partial charge >= 0.3 is 0 Å². The van der Waals surface area contributed by atoms with E-state index in [4.69, 9.17) is 0 Å². The summed E-state index contributed by atoms with van der Waals surface area (Å²) >= 11 is 0. The molecule has 2 N–H and O–H groups in total. The van der Waals surface area contributed by atoms with Crippen molar-refractivity contribution in [2.24, 2.45) is 11.8 Å². The van der Waals surface area contributed by atoms with E-state index in [0.29, 0.717) is 12.3 Å². The molecule has 14 heavy (non-hydrogen) atoms. The lowest BCUT2D eigenvalue weighted by atomic mass is 9.85. The van der Waals surface area contributed by atoms with E-state index in [1.54, 1.807) is 0 Å². The second kappa shape index (κ2) is 3.19. The normalized spacial score (nSPS) is 53.1. The molecule has 0 aliphatic carbocycles. The number of fused-ring (bicyclic) bond motifs is 3. The molecule has 3 heterocycles. The van der Waals surface area contributed by atoms with Crippen LogP contribution in [0.15, 0.2) is 0 Å². The highest BCUT2D eigenvalue weighted by Crippen LogP contribution is 2.41. The van der Waals surface area contributed by atoms with Gasteiger partial charge in [-0.2, -0.15) is 0 Å². The highest BCUT2D eigenvalue weighted by molar-refractivity contribution is 5.02. The Morgan fingerprint density at radius 3 is 3.00 bits per heavy atom. The van der Waals surface area contributed by atoms with Gasteiger partial charge in [0.2, 0.25) is 0 Å². The summed E-state index contributed by atoms with van der Waals surface area (Å²) in [5, 5.41) is 7.36. The van der Waals surface area contributed by atoms with E-state index in [9.17, 15) is 0 Å². The molecule has 0 bridgehead atoms. The zero-order chi connectivity index (χ0) is 9.71. The van der Waals surface area contributed by atoms with Crippen LogP contribution in [-0.2, 0) is 0 Å². The highest BCUT2D eigenvalue weighted by atomic mass is 15.4. The predicted molar refractivity (Wildman–Crippen MR) is 56.8 cm³/mol.